The molecule has 3 aliphatic rings. The smallest absolute Gasteiger partial charge is 0.0707 e. The zero-order valence-corrected chi connectivity index (χ0v) is 13.3. The van der Waals surface area contributed by atoms with E-state index in [9.17, 15) is 0 Å². The Labute approximate surface area is 123 Å². The van der Waals surface area contributed by atoms with Gasteiger partial charge in [-0.1, -0.05) is 0 Å². The van der Waals surface area contributed by atoms with Gasteiger partial charge in [-0.2, -0.15) is 0 Å². The number of nitrogens with zero attached hydrogens (tertiary/aromatic N) is 1. The summed E-state index contributed by atoms with van der Waals surface area (Å²) in [6, 6.07) is 0. The van der Waals surface area contributed by atoms with E-state index in [-0.39, 0.29) is 5.54 Å². The van der Waals surface area contributed by atoms with E-state index >= 15 is 0 Å². The second-order valence-electron chi connectivity index (χ2n) is 8.06. The first-order chi connectivity index (χ1) is 9.44. The molecular formula is C16H30N2O2. The average Bonchev–Trinajstić information content (AvgIpc) is 2.94. The van der Waals surface area contributed by atoms with Crippen LogP contribution in [0.4, 0.5) is 0 Å². The lowest BCUT2D eigenvalue weighted by Gasteiger charge is -2.40. The number of hydrogen-bond acceptors (Lipinski definition) is 4. The molecule has 0 aliphatic carbocycles. The molecule has 4 nitrogen and oxygen atoms in total. The van der Waals surface area contributed by atoms with Gasteiger partial charge in [0.05, 0.1) is 18.8 Å². The van der Waals surface area contributed by atoms with Gasteiger partial charge in [-0.25, -0.2) is 0 Å². The van der Waals surface area contributed by atoms with Gasteiger partial charge in [0.2, 0.25) is 0 Å². The van der Waals surface area contributed by atoms with E-state index in [1.54, 1.807) is 0 Å². The summed E-state index contributed by atoms with van der Waals surface area (Å²) in [5.41, 5.74) is 0.476. The minimum atomic E-state index is 0.180. The van der Waals surface area contributed by atoms with Gasteiger partial charge in [-0.05, 0) is 40.0 Å². The van der Waals surface area contributed by atoms with Crippen molar-refractivity contribution in [1.29, 1.82) is 0 Å². The first-order valence-corrected chi connectivity index (χ1v) is 8.15. The maximum atomic E-state index is 5.95. The molecule has 0 aromatic rings. The van der Waals surface area contributed by atoms with Crippen LogP contribution >= 0.6 is 0 Å². The molecular weight excluding hydrogens is 252 g/mol. The molecule has 116 valence electrons. The van der Waals surface area contributed by atoms with Gasteiger partial charge in [0.1, 0.15) is 0 Å². The van der Waals surface area contributed by atoms with Crippen LogP contribution in [0.3, 0.4) is 0 Å². The summed E-state index contributed by atoms with van der Waals surface area (Å²) in [5.74, 6) is 0. The van der Waals surface area contributed by atoms with Crippen molar-refractivity contribution in [2.24, 2.45) is 5.41 Å². The third-order valence-corrected chi connectivity index (χ3v) is 4.86. The third-order valence-electron chi connectivity index (χ3n) is 4.86. The topological polar surface area (TPSA) is 33.7 Å². The minimum absolute atomic E-state index is 0.180. The summed E-state index contributed by atoms with van der Waals surface area (Å²) in [6.07, 6.45) is 4.67. The normalized spacial score (nSPS) is 38.5. The molecule has 0 amide bonds. The molecule has 4 heteroatoms. The Morgan fingerprint density at radius 1 is 1.20 bits per heavy atom. The molecule has 20 heavy (non-hydrogen) atoms. The molecule has 2 bridgehead atoms. The van der Waals surface area contributed by atoms with Crippen molar-refractivity contribution >= 4 is 0 Å². The summed E-state index contributed by atoms with van der Waals surface area (Å²) in [4.78, 5) is 2.63. The average molecular weight is 282 g/mol. The number of hydrogen-bond donors (Lipinski definition) is 1. The Balaban J connectivity index is 1.59. The quantitative estimate of drug-likeness (QED) is 0.850. The zero-order chi connectivity index (χ0) is 14.2. The van der Waals surface area contributed by atoms with Crippen LogP contribution in [0.15, 0.2) is 0 Å². The van der Waals surface area contributed by atoms with E-state index in [0.29, 0.717) is 17.6 Å². The molecule has 1 N–H and O–H groups in total. The summed E-state index contributed by atoms with van der Waals surface area (Å²) in [5, 5.41) is 3.69. The molecule has 0 aromatic heterocycles. The molecule has 3 aliphatic heterocycles. The van der Waals surface area contributed by atoms with Crippen molar-refractivity contribution in [3.05, 3.63) is 0 Å². The Hall–Kier alpha value is -0.160. The molecule has 3 atom stereocenters. The Kier molecular flexibility index (Phi) is 4.10. The Bertz CT molecular complexity index is 322. The van der Waals surface area contributed by atoms with Crippen LogP contribution in [0, 0.1) is 5.41 Å². The Morgan fingerprint density at radius 3 is 2.45 bits per heavy atom. The molecule has 0 spiro atoms. The van der Waals surface area contributed by atoms with E-state index < -0.39 is 0 Å². The number of fused-ring (bicyclic) bond motifs is 2. The molecule has 3 fully saturated rings. The predicted molar refractivity (Wildman–Crippen MR) is 80.0 cm³/mol. The van der Waals surface area contributed by atoms with Gasteiger partial charge >= 0.3 is 0 Å². The number of ether oxygens (including phenoxy) is 2. The first-order valence-electron chi connectivity index (χ1n) is 8.15. The van der Waals surface area contributed by atoms with Gasteiger partial charge in [0, 0.05) is 43.7 Å². The fourth-order valence-corrected chi connectivity index (χ4v) is 3.72. The number of nitrogens with one attached hydrogen (secondary N) is 1. The highest BCUT2D eigenvalue weighted by molar-refractivity contribution is 4.93. The van der Waals surface area contributed by atoms with Crippen LogP contribution in [-0.4, -0.2) is 62.0 Å². The molecule has 3 rings (SSSR count). The lowest BCUT2D eigenvalue weighted by atomic mass is 9.85. The zero-order valence-electron chi connectivity index (χ0n) is 13.3. The number of likely N-dealkylation sites (tertiary alicyclic amines) is 1. The molecule has 0 aromatic carbocycles. The van der Waals surface area contributed by atoms with Crippen LogP contribution in [-0.2, 0) is 9.47 Å². The first kappa shape index (κ1) is 14.8. The van der Waals surface area contributed by atoms with Gasteiger partial charge in [0.15, 0.2) is 0 Å². The summed E-state index contributed by atoms with van der Waals surface area (Å²) in [6.45, 7) is 13.0. The van der Waals surface area contributed by atoms with Crippen LogP contribution < -0.4 is 5.32 Å². The lowest BCUT2D eigenvalue weighted by Crippen LogP contribution is -2.52. The fraction of sp³-hybridized carbons (Fsp3) is 1.00. The second kappa shape index (κ2) is 5.56. The van der Waals surface area contributed by atoms with Gasteiger partial charge in [-0.15, -0.1) is 0 Å². The van der Waals surface area contributed by atoms with E-state index in [1.807, 2.05) is 0 Å². The van der Waals surface area contributed by atoms with Crippen molar-refractivity contribution in [3.63, 3.8) is 0 Å². The SMILES string of the molecule is CC(C)(C)NCC1(CN2CC3CCC(C2)O3)CCOC1. The van der Waals surface area contributed by atoms with Gasteiger partial charge in [-0.3, -0.25) is 4.90 Å². The summed E-state index contributed by atoms with van der Waals surface area (Å²) < 4.78 is 11.7. The van der Waals surface area contributed by atoms with Crippen LogP contribution in [0.1, 0.15) is 40.0 Å². The monoisotopic (exact) mass is 282 g/mol. The maximum Gasteiger partial charge on any atom is 0.0707 e. The standard InChI is InChI=1S/C16H30N2O2/c1-15(2,3)17-10-16(6-7-19-12-16)11-18-8-13-4-5-14(9-18)20-13/h13-14,17H,4-12H2,1-3H3. The van der Waals surface area contributed by atoms with E-state index in [4.69, 9.17) is 9.47 Å². The third kappa shape index (κ3) is 3.53. The minimum Gasteiger partial charge on any atom is -0.381 e. The van der Waals surface area contributed by atoms with Crippen LogP contribution in [0.5, 0.6) is 0 Å². The second-order valence-corrected chi connectivity index (χ2v) is 8.06. The summed E-state index contributed by atoms with van der Waals surface area (Å²) in [7, 11) is 0. The molecule has 3 saturated heterocycles. The van der Waals surface area contributed by atoms with Crippen LogP contribution in [0.2, 0.25) is 0 Å². The fourth-order valence-electron chi connectivity index (χ4n) is 3.72. The van der Waals surface area contributed by atoms with E-state index in [2.05, 4.69) is 31.0 Å². The molecule has 3 unspecified atom stereocenters. The highest BCUT2D eigenvalue weighted by Crippen LogP contribution is 2.33. The molecule has 0 radical (unpaired) electrons. The molecule has 0 saturated carbocycles. The summed E-state index contributed by atoms with van der Waals surface area (Å²) >= 11 is 0. The van der Waals surface area contributed by atoms with Crippen molar-refractivity contribution in [1.82, 2.24) is 10.2 Å². The number of morpholine rings is 1. The van der Waals surface area contributed by atoms with Crippen molar-refractivity contribution in [2.45, 2.75) is 57.8 Å². The predicted octanol–water partition coefficient (Wildman–Crippen LogP) is 1.64. The highest BCUT2D eigenvalue weighted by atomic mass is 16.5. The van der Waals surface area contributed by atoms with Gasteiger partial charge in [0.25, 0.3) is 0 Å². The van der Waals surface area contributed by atoms with E-state index in [0.717, 1.165) is 39.4 Å². The van der Waals surface area contributed by atoms with Gasteiger partial charge < -0.3 is 14.8 Å². The van der Waals surface area contributed by atoms with Crippen molar-refractivity contribution < 1.29 is 9.47 Å². The van der Waals surface area contributed by atoms with E-state index in [1.165, 1.54) is 19.3 Å². The molecule has 3 heterocycles. The lowest BCUT2D eigenvalue weighted by molar-refractivity contribution is -0.0515. The Morgan fingerprint density at radius 2 is 1.90 bits per heavy atom. The highest BCUT2D eigenvalue weighted by Gasteiger charge is 2.41. The van der Waals surface area contributed by atoms with Crippen LogP contribution in [0.25, 0.3) is 0 Å². The van der Waals surface area contributed by atoms with Crippen molar-refractivity contribution in [3.8, 4) is 0 Å². The maximum absolute atomic E-state index is 5.95. The van der Waals surface area contributed by atoms with Crippen molar-refractivity contribution in [2.75, 3.05) is 39.4 Å². The largest absolute Gasteiger partial charge is 0.381 e. The number of rotatable bonds is 4.